The van der Waals surface area contributed by atoms with E-state index < -0.39 is 5.97 Å². The fourth-order valence-corrected chi connectivity index (χ4v) is 3.30. The van der Waals surface area contributed by atoms with Gasteiger partial charge in [0.25, 0.3) is 0 Å². The first-order valence-corrected chi connectivity index (χ1v) is 10.1. The van der Waals surface area contributed by atoms with E-state index in [1.54, 1.807) is 0 Å². The van der Waals surface area contributed by atoms with Crippen molar-refractivity contribution in [3.8, 4) is 0 Å². The number of aliphatic carboxylic acids is 1. The molecule has 0 bridgehead atoms. The minimum atomic E-state index is -0.871. The van der Waals surface area contributed by atoms with E-state index in [0.29, 0.717) is 17.4 Å². The van der Waals surface area contributed by atoms with E-state index in [-0.39, 0.29) is 18.4 Å². The lowest BCUT2D eigenvalue weighted by molar-refractivity contribution is -0.871. The van der Waals surface area contributed by atoms with Crippen LogP contribution in [-0.2, 0) is 16.0 Å². The Morgan fingerprint density at radius 2 is 1.56 bits per heavy atom. The van der Waals surface area contributed by atoms with Gasteiger partial charge in [0, 0.05) is 6.42 Å². The van der Waals surface area contributed by atoms with Crippen LogP contribution in [0.2, 0.25) is 0 Å². The molecule has 0 spiro atoms. The summed E-state index contributed by atoms with van der Waals surface area (Å²) < 4.78 is 0.626. The summed E-state index contributed by atoms with van der Waals surface area (Å²) in [6.07, 6.45) is 8.32. The van der Waals surface area contributed by atoms with Gasteiger partial charge in [-0.2, -0.15) is 0 Å². The molecule has 1 rings (SSSR count). The number of rotatable bonds is 14. The number of carboxylic acid groups (broad SMARTS) is 1. The van der Waals surface area contributed by atoms with Gasteiger partial charge in [-0.25, -0.2) is 0 Å². The molecule has 0 aliphatic heterocycles. The maximum absolute atomic E-state index is 12.1. The Labute approximate surface area is 164 Å². The average molecular weight is 378 g/mol. The van der Waals surface area contributed by atoms with Crippen molar-refractivity contribution in [1.29, 1.82) is 0 Å². The zero-order valence-electron chi connectivity index (χ0n) is 17.2. The smallest absolute Gasteiger partial charge is 0.305 e. The number of likely N-dealkylation sites (N-methyl/N-ethyl adjacent to an activating group) is 1. The van der Waals surface area contributed by atoms with E-state index in [1.165, 1.54) is 24.8 Å². The third kappa shape index (κ3) is 13.0. The number of benzene rings is 1. The van der Waals surface area contributed by atoms with E-state index >= 15 is 0 Å². The van der Waals surface area contributed by atoms with Gasteiger partial charge in [0.1, 0.15) is 0 Å². The zero-order chi connectivity index (χ0) is 20.1. The topological polar surface area (TPSA) is 66.4 Å². The Kier molecular flexibility index (Phi) is 10.7. The van der Waals surface area contributed by atoms with E-state index in [4.69, 9.17) is 5.11 Å². The maximum atomic E-state index is 12.1. The molecule has 0 unspecified atom stereocenters. The maximum Gasteiger partial charge on any atom is 0.305 e. The lowest BCUT2D eigenvalue weighted by atomic mass is 10.0. The molecule has 0 heterocycles. The Hall–Kier alpha value is -1.88. The van der Waals surface area contributed by atoms with Gasteiger partial charge in [0.05, 0.1) is 40.2 Å². The number of nitrogens with one attached hydrogen (secondary N) is 1. The van der Waals surface area contributed by atoms with Crippen LogP contribution in [0.25, 0.3) is 0 Å². The van der Waals surface area contributed by atoms with Crippen LogP contribution < -0.4 is 5.32 Å². The van der Waals surface area contributed by atoms with Crippen LogP contribution in [0.1, 0.15) is 56.9 Å². The van der Waals surface area contributed by atoms with Crippen LogP contribution in [0.15, 0.2) is 30.3 Å². The quantitative estimate of drug-likeness (QED) is 0.384. The highest BCUT2D eigenvalue weighted by molar-refractivity contribution is 5.77. The van der Waals surface area contributed by atoms with Crippen molar-refractivity contribution in [2.75, 3.05) is 27.7 Å². The number of carbonyl (C=O) groups is 2. The number of nitrogens with zero attached hydrogens (tertiary/aromatic N) is 1. The second-order valence-corrected chi connectivity index (χ2v) is 8.44. The predicted octanol–water partition coefficient (Wildman–Crippen LogP) is 3.63. The molecule has 152 valence electrons. The molecule has 1 amide bonds. The molecular weight excluding hydrogens is 340 g/mol. The molecule has 1 aromatic rings. The second kappa shape index (κ2) is 12.5. The van der Waals surface area contributed by atoms with Crippen molar-refractivity contribution >= 4 is 11.9 Å². The zero-order valence-corrected chi connectivity index (χ0v) is 17.2. The molecule has 2 N–H and O–H groups in total. The van der Waals surface area contributed by atoms with Crippen molar-refractivity contribution in [2.24, 2.45) is 0 Å². The average Bonchev–Trinajstić information content (AvgIpc) is 2.56. The number of hydrogen-bond acceptors (Lipinski definition) is 2. The minimum Gasteiger partial charge on any atom is -0.481 e. The van der Waals surface area contributed by atoms with Gasteiger partial charge >= 0.3 is 5.97 Å². The van der Waals surface area contributed by atoms with Crippen LogP contribution in [0, 0.1) is 0 Å². The van der Waals surface area contributed by atoms with Crippen molar-refractivity contribution in [3.05, 3.63) is 35.9 Å². The first-order chi connectivity index (χ1) is 12.8. The summed E-state index contributed by atoms with van der Waals surface area (Å²) in [5.41, 5.74) is 1.40. The molecule has 0 fully saturated rings. The third-order valence-electron chi connectivity index (χ3n) is 4.52. The van der Waals surface area contributed by atoms with Gasteiger partial charge in [-0.05, 0) is 24.8 Å². The first kappa shape index (κ1) is 23.2. The highest BCUT2D eigenvalue weighted by Crippen LogP contribution is 2.11. The number of aryl methyl sites for hydroxylation is 1. The van der Waals surface area contributed by atoms with Crippen molar-refractivity contribution in [3.63, 3.8) is 0 Å². The molecule has 5 nitrogen and oxygen atoms in total. The number of amides is 1. The molecule has 5 heteroatoms. The van der Waals surface area contributed by atoms with Gasteiger partial charge < -0.3 is 14.9 Å². The Morgan fingerprint density at radius 1 is 0.963 bits per heavy atom. The number of carboxylic acids is 1. The van der Waals surface area contributed by atoms with E-state index in [9.17, 15) is 9.59 Å². The summed E-state index contributed by atoms with van der Waals surface area (Å²) in [4.78, 5) is 23.1. The number of hydrogen-bond donors (Lipinski definition) is 2. The van der Waals surface area contributed by atoms with Crippen LogP contribution in [0.3, 0.4) is 0 Å². The highest BCUT2D eigenvalue weighted by Gasteiger charge is 2.22. The molecule has 0 saturated carbocycles. The largest absolute Gasteiger partial charge is 0.481 e. The standard InChI is InChI=1S/C22H36N2O3/c1-24(2,3)18-20(17-22(26)27)23-21(25)16-12-7-5-4-6-9-13-19-14-10-8-11-15-19/h8,10-11,14-15,20H,4-7,9,12-13,16-18H2,1-3H3,(H-,23,25,26,27)/p+1/t20-/m1/s1. The van der Waals surface area contributed by atoms with Crippen LogP contribution in [0.4, 0.5) is 0 Å². The summed E-state index contributed by atoms with van der Waals surface area (Å²) in [6.45, 7) is 0.611. The molecule has 27 heavy (non-hydrogen) atoms. The van der Waals surface area contributed by atoms with Crippen LogP contribution >= 0.6 is 0 Å². The fourth-order valence-electron chi connectivity index (χ4n) is 3.30. The van der Waals surface area contributed by atoms with Crippen molar-refractivity contribution < 1.29 is 19.2 Å². The van der Waals surface area contributed by atoms with E-state index in [0.717, 1.165) is 25.7 Å². The lowest BCUT2D eigenvalue weighted by Gasteiger charge is -2.29. The first-order valence-electron chi connectivity index (χ1n) is 10.1. The Bertz CT molecular complexity index is 552. The number of carbonyl (C=O) groups excluding carboxylic acids is 1. The molecule has 0 saturated heterocycles. The Balaban J connectivity index is 2.10. The third-order valence-corrected chi connectivity index (χ3v) is 4.52. The number of quaternary nitrogens is 1. The normalized spacial score (nSPS) is 12.6. The minimum absolute atomic E-state index is 0.0251. The SMILES string of the molecule is C[N+](C)(C)C[C@@H](CC(=O)O)NC(=O)CCCCCCCCc1ccccc1. The number of unbranched alkanes of at least 4 members (excludes halogenated alkanes) is 5. The highest BCUT2D eigenvalue weighted by atomic mass is 16.4. The Morgan fingerprint density at radius 3 is 2.15 bits per heavy atom. The predicted molar refractivity (Wildman–Crippen MR) is 110 cm³/mol. The molecule has 0 aromatic heterocycles. The summed E-state index contributed by atoms with van der Waals surface area (Å²) in [7, 11) is 6.00. The van der Waals surface area contributed by atoms with Gasteiger partial charge in [-0.1, -0.05) is 56.0 Å². The van der Waals surface area contributed by atoms with Gasteiger partial charge in [0.15, 0.2) is 0 Å². The molecule has 1 atom stereocenters. The lowest BCUT2D eigenvalue weighted by Crippen LogP contribution is -2.49. The summed E-state index contributed by atoms with van der Waals surface area (Å²) in [5, 5.41) is 11.9. The molecule has 0 radical (unpaired) electrons. The second-order valence-electron chi connectivity index (χ2n) is 8.44. The van der Waals surface area contributed by atoms with Crippen molar-refractivity contribution in [2.45, 2.75) is 63.8 Å². The van der Waals surface area contributed by atoms with Crippen molar-refractivity contribution in [1.82, 2.24) is 5.32 Å². The van der Waals surface area contributed by atoms with Gasteiger partial charge in [-0.3, -0.25) is 9.59 Å². The summed E-state index contributed by atoms with van der Waals surface area (Å²) in [5.74, 6) is -0.900. The van der Waals surface area contributed by atoms with Gasteiger partial charge in [-0.15, -0.1) is 0 Å². The summed E-state index contributed by atoms with van der Waals surface area (Å²) >= 11 is 0. The summed E-state index contributed by atoms with van der Waals surface area (Å²) in [6, 6.07) is 10.3. The van der Waals surface area contributed by atoms with E-state index in [2.05, 4.69) is 29.6 Å². The molecular formula is C22H37N2O3+. The van der Waals surface area contributed by atoms with Crippen LogP contribution in [-0.4, -0.2) is 55.2 Å². The van der Waals surface area contributed by atoms with Crippen LogP contribution in [0.5, 0.6) is 0 Å². The fraction of sp³-hybridized carbons (Fsp3) is 0.636. The molecule has 0 aliphatic rings. The monoisotopic (exact) mass is 377 g/mol. The molecule has 0 aliphatic carbocycles. The van der Waals surface area contributed by atoms with E-state index in [1.807, 2.05) is 27.2 Å². The van der Waals surface area contributed by atoms with Gasteiger partial charge in [0.2, 0.25) is 5.91 Å². The molecule has 1 aromatic carbocycles.